The molecule has 1 heterocycles. The summed E-state index contributed by atoms with van der Waals surface area (Å²) >= 11 is 0. The average Bonchev–Trinajstić information content (AvgIpc) is 2.75. The quantitative estimate of drug-likeness (QED) is 0.685. The van der Waals surface area contributed by atoms with Crippen LogP contribution in [0.5, 0.6) is 0 Å². The van der Waals surface area contributed by atoms with Crippen LogP contribution in [0.4, 0.5) is 5.69 Å². The highest BCUT2D eigenvalue weighted by atomic mass is 16.1. The fourth-order valence-electron chi connectivity index (χ4n) is 4.24. The second kappa shape index (κ2) is 8.62. The van der Waals surface area contributed by atoms with E-state index in [1.807, 2.05) is 31.2 Å². The predicted octanol–water partition coefficient (Wildman–Crippen LogP) is 3.95. The first-order valence-corrected chi connectivity index (χ1v) is 10.5. The highest BCUT2D eigenvalue weighted by molar-refractivity contribution is 6.05. The summed E-state index contributed by atoms with van der Waals surface area (Å²) in [7, 11) is 0. The van der Waals surface area contributed by atoms with Crippen molar-refractivity contribution in [3.05, 3.63) is 100 Å². The third-order valence-corrected chi connectivity index (χ3v) is 5.96. The molecular formula is C26H29N2O+. The molecule has 0 aromatic heterocycles. The molecule has 0 bridgehead atoms. The number of rotatable bonds is 5. The van der Waals surface area contributed by atoms with Crippen molar-refractivity contribution in [2.75, 3.05) is 11.9 Å². The molecule has 0 saturated carbocycles. The average molecular weight is 386 g/mol. The van der Waals surface area contributed by atoms with E-state index in [4.69, 9.17) is 0 Å². The zero-order valence-electron chi connectivity index (χ0n) is 17.3. The number of hydrogen-bond donors (Lipinski definition) is 2. The molecule has 148 valence electrons. The molecule has 1 aliphatic rings. The molecule has 3 aromatic rings. The molecule has 1 atom stereocenters. The van der Waals surface area contributed by atoms with Crippen molar-refractivity contribution in [1.29, 1.82) is 0 Å². The molecule has 0 aliphatic carbocycles. The topological polar surface area (TPSA) is 33.5 Å². The van der Waals surface area contributed by atoms with Crippen LogP contribution in [0.15, 0.2) is 66.7 Å². The molecule has 2 N–H and O–H groups in total. The van der Waals surface area contributed by atoms with Gasteiger partial charge in [-0.25, -0.2) is 0 Å². The van der Waals surface area contributed by atoms with Crippen LogP contribution < -0.4 is 10.2 Å². The Morgan fingerprint density at radius 2 is 1.72 bits per heavy atom. The molecule has 0 spiro atoms. The summed E-state index contributed by atoms with van der Waals surface area (Å²) in [5.41, 5.74) is 8.16. The highest BCUT2D eigenvalue weighted by Crippen LogP contribution is 2.22. The lowest BCUT2D eigenvalue weighted by molar-refractivity contribution is -0.929. The van der Waals surface area contributed by atoms with E-state index in [0.717, 1.165) is 43.7 Å². The zero-order valence-corrected chi connectivity index (χ0v) is 17.3. The highest BCUT2D eigenvalue weighted by Gasteiger charge is 2.19. The van der Waals surface area contributed by atoms with E-state index < -0.39 is 0 Å². The van der Waals surface area contributed by atoms with Gasteiger partial charge in [0.2, 0.25) is 0 Å². The molecular weight excluding hydrogens is 356 g/mol. The first-order valence-electron chi connectivity index (χ1n) is 10.5. The fraction of sp³-hybridized carbons (Fsp3) is 0.269. The van der Waals surface area contributed by atoms with Crippen molar-refractivity contribution in [3.8, 4) is 0 Å². The Bertz CT molecular complexity index is 1010. The summed E-state index contributed by atoms with van der Waals surface area (Å²) in [6.45, 7) is 7.38. The van der Waals surface area contributed by atoms with Crippen molar-refractivity contribution >= 4 is 11.6 Å². The van der Waals surface area contributed by atoms with Gasteiger partial charge in [-0.15, -0.1) is 0 Å². The Morgan fingerprint density at radius 1 is 0.966 bits per heavy atom. The molecule has 0 fully saturated rings. The predicted molar refractivity (Wildman–Crippen MR) is 118 cm³/mol. The molecule has 0 saturated heterocycles. The minimum atomic E-state index is -0.0419. The Kier molecular flexibility index (Phi) is 5.77. The SMILES string of the molecule is CCc1cccc(C)c1NC(=O)c1ccc(C[NH+]2CCc3ccccc3C2)cc1. The van der Waals surface area contributed by atoms with Crippen LogP contribution in [0.3, 0.4) is 0 Å². The number of aryl methyl sites for hydroxylation is 2. The second-order valence-corrected chi connectivity index (χ2v) is 7.99. The lowest BCUT2D eigenvalue weighted by atomic mass is 9.99. The number of para-hydroxylation sites is 1. The maximum atomic E-state index is 12.8. The molecule has 1 aliphatic heterocycles. The maximum Gasteiger partial charge on any atom is 0.255 e. The summed E-state index contributed by atoms with van der Waals surface area (Å²) in [5.74, 6) is -0.0419. The van der Waals surface area contributed by atoms with Gasteiger partial charge >= 0.3 is 0 Å². The third-order valence-electron chi connectivity index (χ3n) is 5.96. The fourth-order valence-corrected chi connectivity index (χ4v) is 4.24. The summed E-state index contributed by atoms with van der Waals surface area (Å²) in [4.78, 5) is 14.3. The second-order valence-electron chi connectivity index (χ2n) is 7.99. The van der Waals surface area contributed by atoms with Crippen molar-refractivity contribution < 1.29 is 9.69 Å². The first-order chi connectivity index (χ1) is 14.1. The molecule has 1 amide bonds. The summed E-state index contributed by atoms with van der Waals surface area (Å²) in [5, 5.41) is 3.11. The van der Waals surface area contributed by atoms with E-state index in [2.05, 4.69) is 54.7 Å². The van der Waals surface area contributed by atoms with Crippen LogP contribution in [0.1, 0.15) is 45.1 Å². The van der Waals surface area contributed by atoms with E-state index >= 15 is 0 Å². The molecule has 3 heteroatoms. The van der Waals surface area contributed by atoms with Crippen LogP contribution in [0.2, 0.25) is 0 Å². The van der Waals surface area contributed by atoms with Crippen LogP contribution in [0, 0.1) is 6.92 Å². The summed E-state index contributed by atoms with van der Waals surface area (Å²) in [6, 6.07) is 23.0. The number of benzene rings is 3. The van der Waals surface area contributed by atoms with Gasteiger partial charge in [0.25, 0.3) is 5.91 Å². The molecule has 0 radical (unpaired) electrons. The minimum absolute atomic E-state index is 0.0419. The maximum absolute atomic E-state index is 12.8. The monoisotopic (exact) mass is 385 g/mol. The van der Waals surface area contributed by atoms with Gasteiger partial charge in [-0.05, 0) is 42.2 Å². The molecule has 29 heavy (non-hydrogen) atoms. The number of carbonyl (C=O) groups excluding carboxylic acids is 1. The number of anilines is 1. The molecule has 3 nitrogen and oxygen atoms in total. The molecule has 3 aromatic carbocycles. The number of carbonyl (C=O) groups is 1. The Hall–Kier alpha value is -2.91. The summed E-state index contributed by atoms with van der Waals surface area (Å²) < 4.78 is 0. The van der Waals surface area contributed by atoms with Crippen molar-refractivity contribution in [1.82, 2.24) is 0 Å². The smallest absolute Gasteiger partial charge is 0.255 e. The van der Waals surface area contributed by atoms with Gasteiger partial charge in [0.05, 0.1) is 6.54 Å². The van der Waals surface area contributed by atoms with Crippen LogP contribution in [-0.2, 0) is 25.9 Å². The van der Waals surface area contributed by atoms with Crippen molar-refractivity contribution in [2.45, 2.75) is 39.8 Å². The normalized spacial score (nSPS) is 15.6. The largest absolute Gasteiger partial charge is 0.327 e. The van der Waals surface area contributed by atoms with E-state index in [-0.39, 0.29) is 5.91 Å². The van der Waals surface area contributed by atoms with Gasteiger partial charge < -0.3 is 10.2 Å². The first kappa shape index (κ1) is 19.4. The Morgan fingerprint density at radius 3 is 2.48 bits per heavy atom. The van der Waals surface area contributed by atoms with Crippen LogP contribution >= 0.6 is 0 Å². The van der Waals surface area contributed by atoms with Gasteiger partial charge in [0, 0.05) is 28.8 Å². The van der Waals surface area contributed by atoms with E-state index in [0.29, 0.717) is 5.56 Å². The molecule has 4 rings (SSSR count). The molecule has 1 unspecified atom stereocenters. The lowest BCUT2D eigenvalue weighted by Crippen LogP contribution is -3.10. The number of fused-ring (bicyclic) bond motifs is 1. The van der Waals surface area contributed by atoms with Gasteiger partial charge in [-0.1, -0.05) is 61.5 Å². The number of nitrogens with one attached hydrogen (secondary N) is 2. The van der Waals surface area contributed by atoms with Crippen molar-refractivity contribution in [2.24, 2.45) is 0 Å². The van der Waals surface area contributed by atoms with E-state index in [9.17, 15) is 4.79 Å². The zero-order chi connectivity index (χ0) is 20.2. The number of amides is 1. The van der Waals surface area contributed by atoms with E-state index in [1.54, 1.807) is 4.90 Å². The Balaban J connectivity index is 1.41. The van der Waals surface area contributed by atoms with Gasteiger partial charge in [0.1, 0.15) is 13.1 Å². The van der Waals surface area contributed by atoms with Crippen molar-refractivity contribution in [3.63, 3.8) is 0 Å². The number of hydrogen-bond acceptors (Lipinski definition) is 1. The lowest BCUT2D eigenvalue weighted by Gasteiger charge is -2.26. The Labute approximate surface area is 173 Å². The third kappa shape index (κ3) is 4.41. The van der Waals surface area contributed by atoms with Crippen LogP contribution in [-0.4, -0.2) is 12.5 Å². The standard InChI is InChI=1S/C26H28N2O/c1-3-21-10-6-7-19(2)25(21)27-26(29)23-13-11-20(12-14-23)17-28-16-15-22-8-4-5-9-24(22)18-28/h4-14H,3,15-18H2,1-2H3,(H,27,29)/p+1. The number of quaternary nitrogens is 1. The van der Waals surface area contributed by atoms with Gasteiger partial charge in [0.15, 0.2) is 0 Å². The summed E-state index contributed by atoms with van der Waals surface area (Å²) in [6.07, 6.45) is 2.04. The van der Waals surface area contributed by atoms with E-state index in [1.165, 1.54) is 22.3 Å². The van der Waals surface area contributed by atoms with Crippen LogP contribution in [0.25, 0.3) is 0 Å². The van der Waals surface area contributed by atoms with Gasteiger partial charge in [-0.2, -0.15) is 0 Å². The van der Waals surface area contributed by atoms with Gasteiger partial charge in [-0.3, -0.25) is 4.79 Å². The minimum Gasteiger partial charge on any atom is -0.327 e.